The first-order chi connectivity index (χ1) is 12.8. The molecule has 2 rings (SSSR count). The molecule has 0 aliphatic heterocycles. The van der Waals surface area contributed by atoms with E-state index in [-0.39, 0.29) is 4.90 Å². The van der Waals surface area contributed by atoms with E-state index < -0.39 is 10.1 Å². The molecule has 27 heavy (non-hydrogen) atoms. The van der Waals surface area contributed by atoms with Crippen molar-refractivity contribution >= 4 is 21.9 Å². The van der Waals surface area contributed by atoms with Crippen molar-refractivity contribution in [2.75, 3.05) is 20.2 Å². The Hall–Kier alpha value is -2.41. The Bertz CT molecular complexity index is 892. The van der Waals surface area contributed by atoms with Crippen molar-refractivity contribution in [1.29, 1.82) is 0 Å². The lowest BCUT2D eigenvalue weighted by atomic mass is 10.0. The van der Waals surface area contributed by atoms with Crippen molar-refractivity contribution in [2.45, 2.75) is 17.9 Å². The molecule has 0 unspecified atom stereocenters. The molecule has 2 aromatic carbocycles. The molecule has 5 nitrogen and oxygen atoms in total. The van der Waals surface area contributed by atoms with E-state index in [4.69, 9.17) is 4.74 Å². The Morgan fingerprint density at radius 3 is 2.52 bits per heavy atom. The summed E-state index contributed by atoms with van der Waals surface area (Å²) in [6, 6.07) is 14.7. The number of ether oxygens (including phenoxy) is 1. The quantitative estimate of drug-likeness (QED) is 0.491. The molecule has 0 saturated carbocycles. The van der Waals surface area contributed by atoms with E-state index in [0.717, 1.165) is 12.0 Å². The monoisotopic (exact) mass is 387 g/mol. The fraction of sp³-hybridized carbons (Fsp3) is 0.238. The van der Waals surface area contributed by atoms with Crippen LogP contribution in [0, 0.1) is 0 Å². The van der Waals surface area contributed by atoms with Crippen LogP contribution in [0.3, 0.4) is 0 Å². The molecule has 2 aromatic rings. The first-order valence-electron chi connectivity index (χ1n) is 8.59. The van der Waals surface area contributed by atoms with Gasteiger partial charge in [-0.25, -0.2) is 0 Å². The Labute approximate surface area is 161 Å². The maximum atomic E-state index is 11.6. The van der Waals surface area contributed by atoms with Gasteiger partial charge in [0.1, 0.15) is 4.90 Å². The Morgan fingerprint density at radius 2 is 1.89 bits per heavy atom. The van der Waals surface area contributed by atoms with E-state index in [9.17, 15) is 13.0 Å². The van der Waals surface area contributed by atoms with Crippen LogP contribution in [0.1, 0.15) is 23.1 Å². The molecule has 6 heteroatoms. The minimum atomic E-state index is -4.33. The molecule has 0 fully saturated rings. The van der Waals surface area contributed by atoms with E-state index in [1.165, 1.54) is 12.1 Å². The van der Waals surface area contributed by atoms with Crippen LogP contribution in [0.2, 0.25) is 0 Å². The molecule has 0 bridgehead atoms. The van der Waals surface area contributed by atoms with Gasteiger partial charge in [-0.15, -0.1) is 0 Å². The second-order valence-corrected chi connectivity index (χ2v) is 7.55. The zero-order valence-corrected chi connectivity index (χ0v) is 16.3. The maximum Gasteiger partial charge on any atom is 0.295 e. The van der Waals surface area contributed by atoms with E-state index in [0.29, 0.717) is 36.6 Å². The Morgan fingerprint density at radius 1 is 1.19 bits per heavy atom. The van der Waals surface area contributed by atoms with Crippen molar-refractivity contribution in [3.8, 4) is 0 Å². The summed E-state index contributed by atoms with van der Waals surface area (Å²) in [6.07, 6.45) is 2.21. The molecule has 0 amide bonds. The molecule has 0 aliphatic carbocycles. The van der Waals surface area contributed by atoms with E-state index in [1.54, 1.807) is 12.1 Å². The van der Waals surface area contributed by atoms with Crippen LogP contribution in [-0.4, -0.2) is 38.1 Å². The van der Waals surface area contributed by atoms with Crippen LogP contribution in [0.25, 0.3) is 11.8 Å². The number of benzene rings is 2. The molecule has 0 atom stereocenters. The predicted molar refractivity (Wildman–Crippen MR) is 109 cm³/mol. The topological polar surface area (TPSA) is 66.8 Å². The van der Waals surface area contributed by atoms with E-state index in [1.807, 2.05) is 42.3 Å². The van der Waals surface area contributed by atoms with Crippen molar-refractivity contribution in [3.05, 3.63) is 78.4 Å². The molecular formula is C21H25NO4S. The maximum absolute atomic E-state index is 11.6. The van der Waals surface area contributed by atoms with Crippen LogP contribution in [0.4, 0.5) is 0 Å². The van der Waals surface area contributed by atoms with Gasteiger partial charge in [-0.05, 0) is 18.1 Å². The van der Waals surface area contributed by atoms with Gasteiger partial charge in [0, 0.05) is 37.0 Å². The number of nitrogens with zero attached hydrogens (tertiary/aromatic N) is 1. The summed E-state index contributed by atoms with van der Waals surface area (Å²) in [6.45, 7) is 9.60. The molecule has 0 spiro atoms. The third kappa shape index (κ3) is 5.79. The fourth-order valence-corrected chi connectivity index (χ4v) is 3.46. The molecular weight excluding hydrogens is 362 g/mol. The zero-order valence-electron chi connectivity index (χ0n) is 15.5. The van der Waals surface area contributed by atoms with Gasteiger partial charge in [-0.2, -0.15) is 8.42 Å². The summed E-state index contributed by atoms with van der Waals surface area (Å²) in [5.41, 5.74) is 2.75. The third-order valence-electron chi connectivity index (χ3n) is 4.21. The smallest absolute Gasteiger partial charge is 0.295 e. The van der Waals surface area contributed by atoms with Crippen LogP contribution in [0.5, 0.6) is 0 Å². The molecule has 0 aliphatic rings. The van der Waals surface area contributed by atoms with Crippen molar-refractivity contribution in [1.82, 2.24) is 4.90 Å². The highest BCUT2D eigenvalue weighted by Crippen LogP contribution is 2.27. The summed E-state index contributed by atoms with van der Waals surface area (Å²) in [7, 11) is -2.45. The molecule has 0 radical (unpaired) electrons. The van der Waals surface area contributed by atoms with Gasteiger partial charge in [-0.3, -0.25) is 4.55 Å². The normalized spacial score (nSPS) is 11.2. The lowest BCUT2D eigenvalue weighted by molar-refractivity contribution is 0.115. The van der Waals surface area contributed by atoms with Crippen LogP contribution in [0.15, 0.2) is 66.6 Å². The highest BCUT2D eigenvalue weighted by Gasteiger charge is 2.18. The van der Waals surface area contributed by atoms with E-state index in [2.05, 4.69) is 13.2 Å². The average molecular weight is 388 g/mol. The lowest BCUT2D eigenvalue weighted by Crippen LogP contribution is -2.20. The van der Waals surface area contributed by atoms with Gasteiger partial charge in [0.25, 0.3) is 10.1 Å². The zero-order chi connectivity index (χ0) is 19.9. The van der Waals surface area contributed by atoms with Crippen molar-refractivity contribution < 1.29 is 17.7 Å². The van der Waals surface area contributed by atoms with Crippen LogP contribution in [-0.2, 0) is 21.5 Å². The first kappa shape index (κ1) is 20.9. The van der Waals surface area contributed by atoms with Gasteiger partial charge < -0.3 is 9.64 Å². The lowest BCUT2D eigenvalue weighted by Gasteiger charge is -2.23. The van der Waals surface area contributed by atoms with Gasteiger partial charge in [0.15, 0.2) is 0 Å². The second-order valence-electron chi connectivity index (χ2n) is 6.16. The molecule has 0 heterocycles. The summed E-state index contributed by atoms with van der Waals surface area (Å²) in [4.78, 5) is 1.76. The fourth-order valence-electron chi connectivity index (χ4n) is 2.74. The standard InChI is InChI=1S/C21H25NO4S/c1-4-19-20(12-8-13-21(19)27(23,24)25)17(2)22(3)14-9-15-26-16-18-10-6-5-7-11-18/h4-8,10-13H,1-2,9,14-16H2,3H3,(H,23,24,25). The molecule has 0 aromatic heterocycles. The van der Waals surface area contributed by atoms with Crippen molar-refractivity contribution in [3.63, 3.8) is 0 Å². The van der Waals surface area contributed by atoms with Crippen LogP contribution >= 0.6 is 0 Å². The van der Waals surface area contributed by atoms with Crippen molar-refractivity contribution in [2.24, 2.45) is 0 Å². The summed E-state index contributed by atoms with van der Waals surface area (Å²) in [5.74, 6) is 0. The number of hydrogen-bond donors (Lipinski definition) is 1. The first-order valence-corrected chi connectivity index (χ1v) is 10.0. The highest BCUT2D eigenvalue weighted by molar-refractivity contribution is 7.86. The van der Waals surface area contributed by atoms with E-state index >= 15 is 0 Å². The molecule has 1 N–H and O–H groups in total. The minimum Gasteiger partial charge on any atom is -0.377 e. The Kier molecular flexibility index (Phi) is 7.36. The third-order valence-corrected chi connectivity index (χ3v) is 5.13. The predicted octanol–water partition coefficient (Wildman–Crippen LogP) is 4.09. The Balaban J connectivity index is 1.94. The molecule has 0 saturated heterocycles. The average Bonchev–Trinajstić information content (AvgIpc) is 2.66. The number of hydrogen-bond acceptors (Lipinski definition) is 4. The largest absolute Gasteiger partial charge is 0.377 e. The summed E-state index contributed by atoms with van der Waals surface area (Å²) < 4.78 is 38.2. The van der Waals surface area contributed by atoms with Gasteiger partial charge in [-0.1, -0.05) is 61.7 Å². The minimum absolute atomic E-state index is 0.171. The van der Waals surface area contributed by atoms with Gasteiger partial charge in [0.05, 0.1) is 6.61 Å². The SMILES string of the molecule is C=Cc1c(C(=C)N(C)CCCOCc2ccccc2)cccc1S(=O)(=O)O. The summed E-state index contributed by atoms with van der Waals surface area (Å²) in [5, 5.41) is 0. The van der Waals surface area contributed by atoms with Gasteiger partial charge >= 0.3 is 0 Å². The van der Waals surface area contributed by atoms with Gasteiger partial charge in [0.2, 0.25) is 0 Å². The second kappa shape index (κ2) is 9.50. The van der Waals surface area contributed by atoms with Crippen LogP contribution < -0.4 is 0 Å². The highest BCUT2D eigenvalue weighted by atomic mass is 32.2. The summed E-state index contributed by atoms with van der Waals surface area (Å²) >= 11 is 0. The number of rotatable bonds is 10. The molecule has 144 valence electrons.